The number of nitrogens with zero attached hydrogens (tertiary/aromatic N) is 1. The van der Waals surface area contributed by atoms with E-state index in [1.165, 1.54) is 0 Å². The summed E-state index contributed by atoms with van der Waals surface area (Å²) in [4.78, 5) is 11.1. The fourth-order valence-corrected chi connectivity index (χ4v) is 2.40. The Hall–Kier alpha value is -1.42. The summed E-state index contributed by atoms with van der Waals surface area (Å²) in [6.07, 6.45) is 4.88. The molecule has 1 aromatic carbocycles. The van der Waals surface area contributed by atoms with Crippen molar-refractivity contribution in [3.63, 3.8) is 0 Å². The number of carbonyl (C=O) groups is 1. The number of benzene rings is 1. The number of aromatic nitrogens is 1. The Bertz CT molecular complexity index is 533. The molecular weight excluding hydrogens is 234 g/mol. The van der Waals surface area contributed by atoms with Crippen LogP contribution in [0, 0.1) is 0 Å². The van der Waals surface area contributed by atoms with Crippen molar-refractivity contribution in [3.05, 3.63) is 36.0 Å². The average molecular weight is 249 g/mol. The smallest absolute Gasteiger partial charge is 0.337 e. The molecule has 0 aliphatic heterocycles. The number of thioether (sulfide) groups is 1. The van der Waals surface area contributed by atoms with E-state index in [9.17, 15) is 4.79 Å². The van der Waals surface area contributed by atoms with Gasteiger partial charge in [-0.3, -0.25) is 0 Å². The number of rotatable bonds is 5. The molecule has 3 nitrogen and oxygen atoms in total. The van der Waals surface area contributed by atoms with Crippen molar-refractivity contribution in [3.8, 4) is 0 Å². The molecule has 1 aromatic heterocycles. The Morgan fingerprint density at radius 2 is 2.18 bits per heavy atom. The van der Waals surface area contributed by atoms with E-state index in [2.05, 4.69) is 6.26 Å². The van der Waals surface area contributed by atoms with Crippen LogP contribution in [0.2, 0.25) is 0 Å². The van der Waals surface area contributed by atoms with Crippen molar-refractivity contribution in [2.75, 3.05) is 12.0 Å². The Labute approximate surface area is 104 Å². The minimum atomic E-state index is -0.857. The van der Waals surface area contributed by atoms with Crippen LogP contribution in [0.15, 0.2) is 30.5 Å². The highest BCUT2D eigenvalue weighted by Gasteiger charge is 2.12. The molecule has 4 heteroatoms. The fraction of sp³-hybridized carbons (Fsp3) is 0.308. The molecule has 0 amide bonds. The first-order chi connectivity index (χ1) is 8.24. The van der Waals surface area contributed by atoms with Crippen LogP contribution in [0.25, 0.3) is 10.9 Å². The molecule has 0 bridgehead atoms. The maximum atomic E-state index is 11.1. The van der Waals surface area contributed by atoms with Crippen molar-refractivity contribution in [1.29, 1.82) is 0 Å². The van der Waals surface area contributed by atoms with Gasteiger partial charge >= 0.3 is 5.97 Å². The van der Waals surface area contributed by atoms with Gasteiger partial charge in [0, 0.05) is 23.6 Å². The van der Waals surface area contributed by atoms with Crippen LogP contribution in [0.4, 0.5) is 0 Å². The zero-order valence-corrected chi connectivity index (χ0v) is 10.5. The first-order valence-electron chi connectivity index (χ1n) is 5.54. The van der Waals surface area contributed by atoms with E-state index in [1.807, 2.05) is 40.6 Å². The number of hydrogen-bond acceptors (Lipinski definition) is 2. The largest absolute Gasteiger partial charge is 0.478 e. The number of aromatic carboxylic acids is 1. The van der Waals surface area contributed by atoms with Gasteiger partial charge in [0.05, 0.1) is 5.56 Å². The van der Waals surface area contributed by atoms with Crippen molar-refractivity contribution in [2.45, 2.75) is 13.0 Å². The summed E-state index contributed by atoms with van der Waals surface area (Å²) in [5.74, 6) is 0.236. The van der Waals surface area contributed by atoms with Gasteiger partial charge in [-0.15, -0.1) is 0 Å². The lowest BCUT2D eigenvalue weighted by atomic mass is 10.2. The number of para-hydroxylation sites is 1. The van der Waals surface area contributed by atoms with E-state index < -0.39 is 5.97 Å². The van der Waals surface area contributed by atoms with Gasteiger partial charge in [0.1, 0.15) is 0 Å². The monoisotopic (exact) mass is 249 g/mol. The molecule has 0 spiro atoms. The lowest BCUT2D eigenvalue weighted by molar-refractivity contribution is 0.0699. The molecule has 0 radical (unpaired) electrons. The van der Waals surface area contributed by atoms with Gasteiger partial charge in [-0.05, 0) is 24.5 Å². The number of carboxylic acids is 1. The zero-order valence-electron chi connectivity index (χ0n) is 9.72. The normalized spacial score (nSPS) is 10.9. The first-order valence-corrected chi connectivity index (χ1v) is 6.93. The van der Waals surface area contributed by atoms with E-state index in [-0.39, 0.29) is 0 Å². The molecule has 0 unspecified atom stereocenters. The third-order valence-corrected chi connectivity index (χ3v) is 3.46. The average Bonchev–Trinajstić information content (AvgIpc) is 2.69. The molecule has 17 heavy (non-hydrogen) atoms. The van der Waals surface area contributed by atoms with E-state index in [0.717, 1.165) is 29.6 Å². The molecule has 0 saturated heterocycles. The van der Waals surface area contributed by atoms with Gasteiger partial charge in [0.2, 0.25) is 0 Å². The van der Waals surface area contributed by atoms with E-state index in [0.29, 0.717) is 5.56 Å². The number of hydrogen-bond donors (Lipinski definition) is 1. The minimum absolute atomic E-state index is 0.393. The van der Waals surface area contributed by atoms with E-state index >= 15 is 0 Å². The molecule has 0 atom stereocenters. The Morgan fingerprint density at radius 3 is 2.88 bits per heavy atom. The summed E-state index contributed by atoms with van der Waals surface area (Å²) in [6.45, 7) is 0.870. The topological polar surface area (TPSA) is 42.2 Å². The van der Waals surface area contributed by atoms with Crippen LogP contribution in [-0.4, -0.2) is 27.7 Å². The van der Waals surface area contributed by atoms with Crippen molar-refractivity contribution < 1.29 is 9.90 Å². The molecule has 2 rings (SSSR count). The zero-order chi connectivity index (χ0) is 12.3. The summed E-state index contributed by atoms with van der Waals surface area (Å²) in [5.41, 5.74) is 1.40. The molecular formula is C13H15NO2S. The van der Waals surface area contributed by atoms with Gasteiger partial charge in [0.15, 0.2) is 0 Å². The molecule has 90 valence electrons. The maximum Gasteiger partial charge on any atom is 0.337 e. The van der Waals surface area contributed by atoms with Crippen molar-refractivity contribution in [1.82, 2.24) is 4.57 Å². The summed E-state index contributed by atoms with van der Waals surface area (Å²) >= 11 is 1.81. The van der Waals surface area contributed by atoms with Gasteiger partial charge in [-0.1, -0.05) is 18.2 Å². The van der Waals surface area contributed by atoms with E-state index in [4.69, 9.17) is 5.11 Å². The molecule has 1 heterocycles. The molecule has 0 fully saturated rings. The molecule has 0 aliphatic rings. The second-order valence-electron chi connectivity index (χ2n) is 3.90. The number of carboxylic acid groups (broad SMARTS) is 1. The fourth-order valence-electron chi connectivity index (χ4n) is 1.98. The Morgan fingerprint density at radius 1 is 1.41 bits per heavy atom. The predicted molar refractivity (Wildman–Crippen MR) is 71.9 cm³/mol. The lowest BCUT2D eigenvalue weighted by Gasteiger charge is -2.03. The van der Waals surface area contributed by atoms with Gasteiger partial charge in [0.25, 0.3) is 0 Å². The first kappa shape index (κ1) is 12.0. The van der Waals surface area contributed by atoms with Gasteiger partial charge < -0.3 is 9.67 Å². The third-order valence-electron chi connectivity index (χ3n) is 2.77. The molecule has 0 saturated carbocycles. The van der Waals surface area contributed by atoms with Gasteiger partial charge in [-0.2, -0.15) is 11.8 Å². The second-order valence-corrected chi connectivity index (χ2v) is 4.89. The molecule has 1 N–H and O–H groups in total. The van der Waals surface area contributed by atoms with Crippen molar-refractivity contribution >= 4 is 28.6 Å². The van der Waals surface area contributed by atoms with Crippen molar-refractivity contribution in [2.24, 2.45) is 0 Å². The molecule has 2 aromatic rings. The third kappa shape index (κ3) is 2.47. The van der Waals surface area contributed by atoms with Crippen LogP contribution < -0.4 is 0 Å². The minimum Gasteiger partial charge on any atom is -0.478 e. The predicted octanol–water partition coefficient (Wildman–Crippen LogP) is 3.09. The quantitative estimate of drug-likeness (QED) is 0.828. The highest BCUT2D eigenvalue weighted by atomic mass is 32.2. The number of aryl methyl sites for hydroxylation is 1. The summed E-state index contributed by atoms with van der Waals surface area (Å²) in [6, 6.07) is 7.66. The summed E-state index contributed by atoms with van der Waals surface area (Å²) < 4.78 is 2.04. The van der Waals surface area contributed by atoms with Gasteiger partial charge in [-0.25, -0.2) is 4.79 Å². The van der Waals surface area contributed by atoms with Crippen LogP contribution in [0.3, 0.4) is 0 Å². The lowest BCUT2D eigenvalue weighted by Crippen LogP contribution is -1.98. The summed E-state index contributed by atoms with van der Waals surface area (Å²) in [5, 5.41) is 9.97. The highest BCUT2D eigenvalue weighted by Crippen LogP contribution is 2.21. The Kier molecular flexibility index (Phi) is 3.74. The molecule has 0 aliphatic carbocycles. The summed E-state index contributed by atoms with van der Waals surface area (Å²) in [7, 11) is 0. The van der Waals surface area contributed by atoms with Crippen LogP contribution in [0.1, 0.15) is 16.8 Å². The second kappa shape index (κ2) is 5.27. The highest BCUT2D eigenvalue weighted by molar-refractivity contribution is 7.98. The van der Waals surface area contributed by atoms with Crippen LogP contribution in [-0.2, 0) is 6.54 Å². The van der Waals surface area contributed by atoms with E-state index in [1.54, 1.807) is 6.20 Å². The Balaban J connectivity index is 2.38. The number of fused-ring (bicyclic) bond motifs is 1. The SMILES string of the molecule is CSCCCn1cc(C(=O)O)c2ccccc21. The maximum absolute atomic E-state index is 11.1. The standard InChI is InChI=1S/C13H15NO2S/c1-17-8-4-7-14-9-11(13(15)16)10-5-2-3-6-12(10)14/h2-3,5-6,9H,4,7-8H2,1H3,(H,15,16). The van der Waals surface area contributed by atoms with Crippen LogP contribution in [0.5, 0.6) is 0 Å². The van der Waals surface area contributed by atoms with Crippen LogP contribution >= 0.6 is 11.8 Å².